The van der Waals surface area contributed by atoms with Crippen molar-refractivity contribution < 1.29 is 32.9 Å². The summed E-state index contributed by atoms with van der Waals surface area (Å²) < 4.78 is 23.7. The maximum absolute atomic E-state index is 13.0. The van der Waals surface area contributed by atoms with Crippen LogP contribution in [-0.4, -0.2) is 73.4 Å². The van der Waals surface area contributed by atoms with Crippen molar-refractivity contribution >= 4 is 13.7 Å². The Balaban J connectivity index is 4.19. The van der Waals surface area contributed by atoms with Crippen LogP contribution < -0.4 is 5.32 Å². The normalized spacial score (nSPS) is 14.2. The number of quaternary nitrogens is 1. The largest absolute Gasteiger partial charge is 0.472 e. The van der Waals surface area contributed by atoms with Gasteiger partial charge in [-0.2, -0.15) is 0 Å². The molecule has 0 rings (SSSR count). The summed E-state index contributed by atoms with van der Waals surface area (Å²) in [6.07, 6.45) is 64.0. The fraction of sp³-hybridized carbons (Fsp3) is 0.879. The lowest BCUT2D eigenvalue weighted by Crippen LogP contribution is -2.45. The summed E-state index contributed by atoms with van der Waals surface area (Å²) in [4.78, 5) is 23.3. The van der Waals surface area contributed by atoms with Crippen LogP contribution in [0, 0.1) is 0 Å². The van der Waals surface area contributed by atoms with Crippen molar-refractivity contribution in [3.05, 3.63) is 36.5 Å². The Morgan fingerprint density at radius 1 is 0.493 bits per heavy atom. The first kappa shape index (κ1) is 65.7. The van der Waals surface area contributed by atoms with Gasteiger partial charge < -0.3 is 19.8 Å². The molecule has 396 valence electrons. The number of carbonyl (C=O) groups is 1. The number of nitrogens with one attached hydrogen (secondary N) is 1. The van der Waals surface area contributed by atoms with E-state index in [4.69, 9.17) is 9.05 Å². The number of phosphoric ester groups is 1. The molecule has 3 atom stereocenters. The Morgan fingerprint density at radius 2 is 0.821 bits per heavy atom. The summed E-state index contributed by atoms with van der Waals surface area (Å²) in [6.45, 7) is 4.82. The third kappa shape index (κ3) is 52.4. The van der Waals surface area contributed by atoms with Gasteiger partial charge >= 0.3 is 7.82 Å². The van der Waals surface area contributed by atoms with Crippen LogP contribution >= 0.6 is 7.82 Å². The number of phosphoric acid groups is 1. The molecule has 9 heteroatoms. The van der Waals surface area contributed by atoms with Gasteiger partial charge in [-0.25, -0.2) is 4.57 Å². The predicted molar refractivity (Wildman–Crippen MR) is 291 cm³/mol. The van der Waals surface area contributed by atoms with Gasteiger partial charge in [0.1, 0.15) is 13.2 Å². The van der Waals surface area contributed by atoms with Crippen molar-refractivity contribution in [1.29, 1.82) is 0 Å². The third-order valence-corrected chi connectivity index (χ3v) is 14.1. The van der Waals surface area contributed by atoms with Crippen LogP contribution in [0.5, 0.6) is 0 Å². The van der Waals surface area contributed by atoms with Gasteiger partial charge in [-0.1, -0.05) is 262 Å². The van der Waals surface area contributed by atoms with E-state index in [0.717, 1.165) is 44.9 Å². The third-order valence-electron chi connectivity index (χ3n) is 13.1. The number of rotatable bonds is 53. The Hall–Kier alpha value is -1.28. The van der Waals surface area contributed by atoms with Gasteiger partial charge in [0.2, 0.25) is 5.91 Å². The van der Waals surface area contributed by atoms with Crippen LogP contribution in [0.1, 0.15) is 277 Å². The monoisotopic (exact) mass is 966 g/mol. The number of nitrogens with zero attached hydrogens (tertiary/aromatic N) is 1. The van der Waals surface area contributed by atoms with Gasteiger partial charge in [0.05, 0.1) is 39.9 Å². The zero-order chi connectivity index (χ0) is 49.2. The SMILES string of the molecule is CCCCCCCCCC/C=C/CC/C=C/CC/C=C/C(O)C(COP(=O)(O)OCC[N+](C)(C)C)NC(=O)CCCCCCCCCCCCCCCCCCCCCCCCCCCCC. The number of aliphatic hydroxyl groups is 1. The maximum Gasteiger partial charge on any atom is 0.472 e. The lowest BCUT2D eigenvalue weighted by Gasteiger charge is -2.25. The molecule has 8 nitrogen and oxygen atoms in total. The fourth-order valence-electron chi connectivity index (χ4n) is 8.55. The average molecular weight is 967 g/mol. The fourth-order valence-corrected chi connectivity index (χ4v) is 9.28. The Bertz CT molecular complexity index is 1190. The number of amides is 1. The molecule has 0 bridgehead atoms. The maximum atomic E-state index is 13.0. The quantitative estimate of drug-likeness (QED) is 0.0243. The molecule has 3 unspecified atom stereocenters. The van der Waals surface area contributed by atoms with Gasteiger partial charge in [0, 0.05) is 6.42 Å². The van der Waals surface area contributed by atoms with E-state index < -0.39 is 20.0 Å². The number of hydrogen-bond donors (Lipinski definition) is 3. The molecule has 0 aromatic rings. The summed E-state index contributed by atoms with van der Waals surface area (Å²) in [5, 5.41) is 13.9. The first-order valence-corrected chi connectivity index (χ1v) is 30.4. The highest BCUT2D eigenvalue weighted by atomic mass is 31.2. The first-order chi connectivity index (χ1) is 32.5. The van der Waals surface area contributed by atoms with E-state index >= 15 is 0 Å². The zero-order valence-electron chi connectivity index (χ0n) is 45.2. The summed E-state index contributed by atoms with van der Waals surface area (Å²) in [7, 11) is 1.56. The van der Waals surface area contributed by atoms with Gasteiger partial charge in [-0.3, -0.25) is 13.8 Å². The highest BCUT2D eigenvalue weighted by molar-refractivity contribution is 7.47. The second kappa shape index (κ2) is 49.7. The number of likely N-dealkylation sites (N-methyl/N-ethyl adjacent to an activating group) is 1. The lowest BCUT2D eigenvalue weighted by molar-refractivity contribution is -0.870. The molecule has 0 aromatic carbocycles. The summed E-state index contributed by atoms with van der Waals surface area (Å²) in [5.41, 5.74) is 0. The second-order valence-corrected chi connectivity index (χ2v) is 22.5. The summed E-state index contributed by atoms with van der Waals surface area (Å²) in [5.74, 6) is -0.186. The zero-order valence-corrected chi connectivity index (χ0v) is 46.0. The predicted octanol–water partition coefficient (Wildman–Crippen LogP) is 17.4. The number of aliphatic hydroxyl groups excluding tert-OH is 1. The van der Waals surface area contributed by atoms with Gasteiger partial charge in [0.25, 0.3) is 0 Å². The molecule has 0 saturated heterocycles. The van der Waals surface area contributed by atoms with Crippen LogP contribution in [0.15, 0.2) is 36.5 Å². The van der Waals surface area contributed by atoms with Crippen molar-refractivity contribution in [2.75, 3.05) is 40.9 Å². The minimum Gasteiger partial charge on any atom is -0.387 e. The van der Waals surface area contributed by atoms with E-state index in [1.165, 1.54) is 212 Å². The molecule has 67 heavy (non-hydrogen) atoms. The van der Waals surface area contributed by atoms with E-state index in [0.29, 0.717) is 17.4 Å². The van der Waals surface area contributed by atoms with Gasteiger partial charge in [0.15, 0.2) is 0 Å². The highest BCUT2D eigenvalue weighted by Gasteiger charge is 2.27. The van der Waals surface area contributed by atoms with E-state index in [9.17, 15) is 19.4 Å². The van der Waals surface area contributed by atoms with Crippen LogP contribution in [0.25, 0.3) is 0 Å². The smallest absolute Gasteiger partial charge is 0.387 e. The molecule has 0 spiro atoms. The van der Waals surface area contributed by atoms with E-state index in [2.05, 4.69) is 43.5 Å². The first-order valence-electron chi connectivity index (χ1n) is 28.9. The van der Waals surface area contributed by atoms with Crippen molar-refractivity contribution in [1.82, 2.24) is 5.32 Å². The minimum absolute atomic E-state index is 0.0551. The molecule has 0 aliphatic carbocycles. The van der Waals surface area contributed by atoms with Crippen molar-refractivity contribution in [2.45, 2.75) is 289 Å². The molecule has 0 saturated carbocycles. The van der Waals surface area contributed by atoms with E-state index in [1.54, 1.807) is 6.08 Å². The Morgan fingerprint density at radius 3 is 1.19 bits per heavy atom. The molecule has 3 N–H and O–H groups in total. The van der Waals surface area contributed by atoms with Gasteiger partial charge in [-0.15, -0.1) is 0 Å². The molecule has 0 aromatic heterocycles. The van der Waals surface area contributed by atoms with Crippen LogP contribution in [-0.2, 0) is 18.4 Å². The standard InChI is InChI=1S/C58H113N2O6P/c1-6-8-10-12-14-16-18-20-22-24-26-27-28-29-30-31-32-33-34-36-38-40-42-44-46-48-50-52-58(62)59-56(55-66-67(63,64)65-54-53-60(3,4)5)57(61)51-49-47-45-43-41-39-37-35-25-23-21-19-17-15-13-11-9-7-2/h25,35,41,43,49,51,56-57,61H,6-24,26-34,36-40,42,44-48,50,52-55H2,1-5H3,(H-,59,62,63,64)/p+1/b35-25+,43-41+,51-49+. The minimum atomic E-state index is -4.36. The van der Waals surface area contributed by atoms with Crippen LogP contribution in [0.3, 0.4) is 0 Å². The second-order valence-electron chi connectivity index (χ2n) is 21.0. The molecule has 0 heterocycles. The average Bonchev–Trinajstić information content (AvgIpc) is 3.29. The van der Waals surface area contributed by atoms with Gasteiger partial charge in [-0.05, 0) is 44.9 Å². The lowest BCUT2D eigenvalue weighted by atomic mass is 10.0. The summed E-state index contributed by atoms with van der Waals surface area (Å²) >= 11 is 0. The van der Waals surface area contributed by atoms with Crippen molar-refractivity contribution in [2.24, 2.45) is 0 Å². The van der Waals surface area contributed by atoms with Crippen molar-refractivity contribution in [3.8, 4) is 0 Å². The molecular formula is C58H114N2O6P+. The Kier molecular flexibility index (Phi) is 48.7. The number of unbranched alkanes of at least 4 members (excludes halogenated alkanes) is 36. The molecule has 0 aliphatic heterocycles. The number of allylic oxidation sites excluding steroid dienone is 5. The number of hydrogen-bond acceptors (Lipinski definition) is 5. The highest BCUT2D eigenvalue weighted by Crippen LogP contribution is 2.43. The molecular weight excluding hydrogens is 852 g/mol. The summed E-state index contributed by atoms with van der Waals surface area (Å²) in [6, 6.07) is -0.867. The molecule has 1 amide bonds. The topological polar surface area (TPSA) is 105 Å². The Labute approximate surface area is 417 Å². The van der Waals surface area contributed by atoms with Crippen molar-refractivity contribution in [3.63, 3.8) is 0 Å². The molecule has 0 fully saturated rings. The number of carbonyl (C=O) groups excluding carboxylic acids is 1. The van der Waals surface area contributed by atoms with Crippen LogP contribution in [0.2, 0.25) is 0 Å². The molecule has 0 radical (unpaired) electrons. The molecule has 0 aliphatic rings. The van der Waals surface area contributed by atoms with Crippen LogP contribution in [0.4, 0.5) is 0 Å². The van der Waals surface area contributed by atoms with E-state index in [1.807, 2.05) is 27.2 Å². The van der Waals surface area contributed by atoms with E-state index in [-0.39, 0.29) is 19.1 Å².